The molecule has 1 rings (SSSR count). The van der Waals surface area contributed by atoms with Crippen molar-refractivity contribution in [1.29, 1.82) is 0 Å². The average molecular weight is 190 g/mol. The van der Waals surface area contributed by atoms with Crippen LogP contribution in [0.1, 0.15) is 19.4 Å². The van der Waals surface area contributed by atoms with Crippen molar-refractivity contribution in [2.75, 3.05) is 6.61 Å². The lowest BCUT2D eigenvalue weighted by Crippen LogP contribution is -1.90. The van der Waals surface area contributed by atoms with E-state index in [2.05, 4.69) is 0 Å². The molecule has 74 valence electrons. The van der Waals surface area contributed by atoms with Crippen LogP contribution in [0.5, 0.6) is 5.75 Å². The van der Waals surface area contributed by atoms with E-state index in [4.69, 9.17) is 4.74 Å². The fourth-order valence-electron chi connectivity index (χ4n) is 1.06. The minimum atomic E-state index is 0.0545. The van der Waals surface area contributed by atoms with Crippen LogP contribution in [0, 0.1) is 0 Å². The first-order chi connectivity index (χ1) is 6.72. The highest BCUT2D eigenvalue weighted by Crippen LogP contribution is 2.12. The van der Waals surface area contributed by atoms with Crippen LogP contribution >= 0.6 is 0 Å². The first-order valence-electron chi connectivity index (χ1n) is 4.64. The van der Waals surface area contributed by atoms with Crippen molar-refractivity contribution < 1.29 is 9.53 Å². The number of ether oxygens (including phenoxy) is 1. The molecule has 0 heterocycles. The van der Waals surface area contributed by atoms with E-state index in [-0.39, 0.29) is 5.78 Å². The summed E-state index contributed by atoms with van der Waals surface area (Å²) in [6.07, 6.45) is 3.34. The summed E-state index contributed by atoms with van der Waals surface area (Å²) < 4.78 is 5.30. The number of carbonyl (C=O) groups is 1. The lowest BCUT2D eigenvalue weighted by molar-refractivity contribution is -0.112. The van der Waals surface area contributed by atoms with Gasteiger partial charge in [-0.2, -0.15) is 0 Å². The molecular weight excluding hydrogens is 176 g/mol. The maximum atomic E-state index is 10.7. The third-order valence-corrected chi connectivity index (χ3v) is 1.70. The summed E-state index contributed by atoms with van der Waals surface area (Å²) in [6.45, 7) is 4.15. The van der Waals surface area contributed by atoms with Gasteiger partial charge in [0, 0.05) is 0 Å². The molecule has 0 N–H and O–H groups in total. The van der Waals surface area contributed by atoms with Gasteiger partial charge in [0.1, 0.15) is 5.75 Å². The number of carbonyl (C=O) groups excluding carboxylic acids is 1. The second kappa shape index (κ2) is 5.22. The molecule has 0 radical (unpaired) electrons. The molecule has 0 unspecified atom stereocenters. The molecule has 0 aliphatic carbocycles. The normalized spacial score (nSPS) is 10.4. The largest absolute Gasteiger partial charge is 0.494 e. The topological polar surface area (TPSA) is 26.3 Å². The Kier molecular flexibility index (Phi) is 3.92. The quantitative estimate of drug-likeness (QED) is 0.682. The number of hydrogen-bond acceptors (Lipinski definition) is 2. The number of benzene rings is 1. The number of hydrogen-bond donors (Lipinski definition) is 0. The highest BCUT2D eigenvalue weighted by Gasteiger charge is 1.91. The predicted molar refractivity (Wildman–Crippen MR) is 57.3 cm³/mol. The molecule has 0 atom stereocenters. The molecule has 1 aromatic rings. The number of ketones is 1. The molecule has 0 aromatic heterocycles. The van der Waals surface area contributed by atoms with Crippen molar-refractivity contribution in [3.8, 4) is 5.75 Å². The van der Waals surface area contributed by atoms with Gasteiger partial charge in [-0.3, -0.25) is 4.79 Å². The van der Waals surface area contributed by atoms with E-state index in [9.17, 15) is 4.79 Å². The highest BCUT2D eigenvalue weighted by molar-refractivity contribution is 5.91. The summed E-state index contributed by atoms with van der Waals surface area (Å²) in [5.74, 6) is 0.909. The van der Waals surface area contributed by atoms with Crippen molar-refractivity contribution in [1.82, 2.24) is 0 Å². The van der Waals surface area contributed by atoms with Crippen LogP contribution in [-0.2, 0) is 4.79 Å². The van der Waals surface area contributed by atoms with Gasteiger partial charge in [0.2, 0.25) is 0 Å². The molecule has 1 aromatic carbocycles. The summed E-state index contributed by atoms with van der Waals surface area (Å²) in [6, 6.07) is 7.63. The molecule has 2 heteroatoms. The zero-order valence-electron chi connectivity index (χ0n) is 8.49. The van der Waals surface area contributed by atoms with E-state index in [1.54, 1.807) is 12.2 Å². The third kappa shape index (κ3) is 3.44. The van der Waals surface area contributed by atoms with Crippen molar-refractivity contribution in [2.24, 2.45) is 0 Å². The maximum Gasteiger partial charge on any atom is 0.152 e. The van der Waals surface area contributed by atoms with E-state index < -0.39 is 0 Å². The van der Waals surface area contributed by atoms with Crippen LogP contribution in [0.25, 0.3) is 6.08 Å². The van der Waals surface area contributed by atoms with E-state index in [1.807, 2.05) is 31.2 Å². The fourth-order valence-corrected chi connectivity index (χ4v) is 1.06. The number of allylic oxidation sites excluding steroid dienone is 1. The molecule has 0 saturated heterocycles. The summed E-state index contributed by atoms with van der Waals surface area (Å²) in [7, 11) is 0. The van der Waals surface area contributed by atoms with Gasteiger partial charge in [-0.25, -0.2) is 0 Å². The molecular formula is C12H14O2. The zero-order valence-corrected chi connectivity index (χ0v) is 8.49. The van der Waals surface area contributed by atoms with Crippen molar-refractivity contribution in [3.63, 3.8) is 0 Å². The summed E-state index contributed by atoms with van der Waals surface area (Å²) >= 11 is 0. The summed E-state index contributed by atoms with van der Waals surface area (Å²) in [4.78, 5) is 10.7. The average Bonchev–Trinajstić information content (AvgIpc) is 2.17. The molecule has 0 amide bonds. The first-order valence-corrected chi connectivity index (χ1v) is 4.64. The molecule has 0 bridgehead atoms. The van der Waals surface area contributed by atoms with Crippen LogP contribution < -0.4 is 4.74 Å². The second-order valence-electron chi connectivity index (χ2n) is 2.95. The lowest BCUT2D eigenvalue weighted by Gasteiger charge is -2.01. The Morgan fingerprint density at radius 1 is 1.36 bits per heavy atom. The molecule has 14 heavy (non-hydrogen) atoms. The van der Waals surface area contributed by atoms with E-state index >= 15 is 0 Å². The van der Waals surface area contributed by atoms with Crippen molar-refractivity contribution in [3.05, 3.63) is 35.9 Å². The Bertz CT molecular complexity index is 323. The van der Waals surface area contributed by atoms with Gasteiger partial charge in [0.25, 0.3) is 0 Å². The van der Waals surface area contributed by atoms with Crippen LogP contribution in [0.15, 0.2) is 30.3 Å². The maximum absolute atomic E-state index is 10.7. The molecule has 2 nitrogen and oxygen atoms in total. The van der Waals surface area contributed by atoms with Gasteiger partial charge in [0.05, 0.1) is 6.61 Å². The highest BCUT2D eigenvalue weighted by atomic mass is 16.5. The third-order valence-electron chi connectivity index (χ3n) is 1.70. The Morgan fingerprint density at radius 2 is 2.00 bits per heavy atom. The van der Waals surface area contributed by atoms with E-state index in [0.717, 1.165) is 11.3 Å². The van der Waals surface area contributed by atoms with Crippen LogP contribution in [-0.4, -0.2) is 12.4 Å². The molecule has 0 aliphatic rings. The van der Waals surface area contributed by atoms with Gasteiger partial charge in [-0.05, 0) is 37.6 Å². The molecule has 0 saturated carbocycles. The number of rotatable bonds is 4. The summed E-state index contributed by atoms with van der Waals surface area (Å²) in [5, 5.41) is 0. The Labute approximate surface area is 84.2 Å². The Hall–Kier alpha value is -1.57. The fraction of sp³-hybridized carbons (Fsp3) is 0.250. The lowest BCUT2D eigenvalue weighted by atomic mass is 10.2. The SMILES string of the molecule is CCOc1ccc(/C=C\C(C)=O)cc1. The van der Waals surface area contributed by atoms with Crippen LogP contribution in [0.4, 0.5) is 0 Å². The minimum absolute atomic E-state index is 0.0545. The van der Waals surface area contributed by atoms with Gasteiger partial charge < -0.3 is 4.74 Å². The molecule has 0 aliphatic heterocycles. The van der Waals surface area contributed by atoms with Crippen molar-refractivity contribution >= 4 is 11.9 Å². The second-order valence-corrected chi connectivity index (χ2v) is 2.95. The van der Waals surface area contributed by atoms with Gasteiger partial charge in [0.15, 0.2) is 5.78 Å². The van der Waals surface area contributed by atoms with E-state index in [0.29, 0.717) is 6.61 Å². The van der Waals surface area contributed by atoms with Crippen LogP contribution in [0.2, 0.25) is 0 Å². The monoisotopic (exact) mass is 190 g/mol. The van der Waals surface area contributed by atoms with Crippen LogP contribution in [0.3, 0.4) is 0 Å². The standard InChI is InChI=1S/C12H14O2/c1-3-14-12-8-6-11(7-9-12)5-4-10(2)13/h4-9H,3H2,1-2H3/b5-4-. The Morgan fingerprint density at radius 3 is 2.50 bits per heavy atom. The Balaban J connectivity index is 2.68. The van der Waals surface area contributed by atoms with Gasteiger partial charge in [-0.15, -0.1) is 0 Å². The van der Waals surface area contributed by atoms with E-state index in [1.165, 1.54) is 6.92 Å². The van der Waals surface area contributed by atoms with Gasteiger partial charge in [-0.1, -0.05) is 18.2 Å². The molecule has 0 fully saturated rings. The predicted octanol–water partition coefficient (Wildman–Crippen LogP) is 2.69. The van der Waals surface area contributed by atoms with Crippen molar-refractivity contribution in [2.45, 2.75) is 13.8 Å². The van der Waals surface area contributed by atoms with Gasteiger partial charge >= 0.3 is 0 Å². The summed E-state index contributed by atoms with van der Waals surface area (Å²) in [5.41, 5.74) is 1.00. The minimum Gasteiger partial charge on any atom is -0.494 e. The molecule has 0 spiro atoms. The first kappa shape index (κ1) is 10.5. The zero-order chi connectivity index (χ0) is 10.4. The smallest absolute Gasteiger partial charge is 0.152 e.